The summed E-state index contributed by atoms with van der Waals surface area (Å²) in [5.74, 6) is -1.11. The van der Waals surface area contributed by atoms with Gasteiger partial charge in [-0.15, -0.1) is 11.3 Å². The fraction of sp³-hybridized carbons (Fsp3) is 0.333. The van der Waals surface area contributed by atoms with Crippen LogP contribution in [0.15, 0.2) is 35.8 Å². The van der Waals surface area contributed by atoms with Gasteiger partial charge in [0.2, 0.25) is 0 Å². The lowest BCUT2D eigenvalue weighted by atomic mass is 10.1. The maximum absolute atomic E-state index is 12.2. The molecule has 5 nitrogen and oxygen atoms in total. The van der Waals surface area contributed by atoms with Gasteiger partial charge in [-0.05, 0) is 29.5 Å². The van der Waals surface area contributed by atoms with Crippen LogP contribution in [0.1, 0.15) is 28.7 Å². The maximum atomic E-state index is 12.2. The average molecular weight is 306 g/mol. The van der Waals surface area contributed by atoms with Gasteiger partial charge in [-0.1, -0.05) is 13.0 Å². The van der Waals surface area contributed by atoms with Crippen LogP contribution in [-0.4, -0.2) is 28.1 Å². The zero-order valence-corrected chi connectivity index (χ0v) is 12.6. The first-order valence-electron chi connectivity index (χ1n) is 6.73. The first-order chi connectivity index (χ1) is 10.1. The Bertz CT molecular complexity index is 604. The molecule has 2 N–H and O–H groups in total. The standard InChI is InChI=1S/C15H18N2O3S/c1-11(8-14(18)19)9-16-15(20)13-5-2-6-17(13)10-12-4-3-7-21-12/h2-7,11H,8-10H2,1H3,(H,16,20)(H,18,19). The summed E-state index contributed by atoms with van der Waals surface area (Å²) in [7, 11) is 0. The summed E-state index contributed by atoms with van der Waals surface area (Å²) in [5, 5.41) is 13.5. The second kappa shape index (κ2) is 7.08. The lowest BCUT2D eigenvalue weighted by molar-refractivity contribution is -0.137. The van der Waals surface area contributed by atoms with Crippen molar-refractivity contribution in [3.8, 4) is 0 Å². The summed E-state index contributed by atoms with van der Waals surface area (Å²) in [5.41, 5.74) is 0.589. The van der Waals surface area contributed by atoms with Gasteiger partial charge >= 0.3 is 5.97 Å². The van der Waals surface area contributed by atoms with Crippen molar-refractivity contribution in [1.82, 2.24) is 9.88 Å². The number of carboxylic acids is 1. The molecule has 0 aliphatic carbocycles. The first kappa shape index (κ1) is 15.3. The number of nitrogens with one attached hydrogen (secondary N) is 1. The zero-order valence-electron chi connectivity index (χ0n) is 11.8. The van der Waals surface area contributed by atoms with E-state index in [-0.39, 0.29) is 18.2 Å². The van der Waals surface area contributed by atoms with Crippen LogP contribution >= 0.6 is 11.3 Å². The van der Waals surface area contributed by atoms with Crippen LogP contribution < -0.4 is 5.32 Å². The maximum Gasteiger partial charge on any atom is 0.303 e. The largest absolute Gasteiger partial charge is 0.481 e. The highest BCUT2D eigenvalue weighted by atomic mass is 32.1. The van der Waals surface area contributed by atoms with Crippen molar-refractivity contribution in [3.63, 3.8) is 0 Å². The summed E-state index contributed by atoms with van der Waals surface area (Å²) >= 11 is 1.65. The Labute approximate surface area is 127 Å². The van der Waals surface area contributed by atoms with Crippen molar-refractivity contribution in [2.45, 2.75) is 19.9 Å². The van der Waals surface area contributed by atoms with E-state index < -0.39 is 5.97 Å². The predicted octanol–water partition coefficient (Wildman–Crippen LogP) is 2.44. The Morgan fingerprint density at radius 3 is 2.86 bits per heavy atom. The van der Waals surface area contributed by atoms with E-state index in [0.717, 1.165) is 0 Å². The molecule has 21 heavy (non-hydrogen) atoms. The van der Waals surface area contributed by atoms with Gasteiger partial charge in [0.1, 0.15) is 5.69 Å². The molecule has 2 aromatic rings. The van der Waals surface area contributed by atoms with E-state index in [1.165, 1.54) is 4.88 Å². The highest BCUT2D eigenvalue weighted by Crippen LogP contribution is 2.13. The fourth-order valence-electron chi connectivity index (χ4n) is 2.06. The zero-order chi connectivity index (χ0) is 15.2. The Hall–Kier alpha value is -2.08. The number of thiophene rings is 1. The van der Waals surface area contributed by atoms with Gasteiger partial charge in [0, 0.05) is 24.0 Å². The first-order valence-corrected chi connectivity index (χ1v) is 7.61. The van der Waals surface area contributed by atoms with Crippen molar-refractivity contribution in [2.75, 3.05) is 6.54 Å². The number of amides is 1. The van der Waals surface area contributed by atoms with E-state index in [2.05, 4.69) is 5.32 Å². The number of hydrogen-bond donors (Lipinski definition) is 2. The predicted molar refractivity (Wildman–Crippen MR) is 81.6 cm³/mol. The normalized spacial score (nSPS) is 12.0. The SMILES string of the molecule is CC(CNC(=O)c1cccn1Cc1cccs1)CC(=O)O. The molecule has 2 aromatic heterocycles. The number of rotatable bonds is 7. The van der Waals surface area contributed by atoms with Gasteiger partial charge in [0.05, 0.1) is 6.54 Å². The molecule has 2 heterocycles. The smallest absolute Gasteiger partial charge is 0.303 e. The molecular weight excluding hydrogens is 288 g/mol. The van der Waals surface area contributed by atoms with Crippen molar-refractivity contribution < 1.29 is 14.7 Å². The van der Waals surface area contributed by atoms with E-state index in [4.69, 9.17) is 5.11 Å². The van der Waals surface area contributed by atoms with Crippen LogP contribution in [0.4, 0.5) is 0 Å². The minimum absolute atomic E-state index is 0.0521. The highest BCUT2D eigenvalue weighted by molar-refractivity contribution is 7.09. The van der Waals surface area contributed by atoms with Gasteiger partial charge in [0.25, 0.3) is 5.91 Å². The Kier molecular flexibility index (Phi) is 5.16. The lowest BCUT2D eigenvalue weighted by Gasteiger charge is -2.12. The Morgan fingerprint density at radius 1 is 1.38 bits per heavy atom. The third kappa shape index (κ3) is 4.46. The second-order valence-corrected chi connectivity index (χ2v) is 6.05. The summed E-state index contributed by atoms with van der Waals surface area (Å²) < 4.78 is 1.89. The molecule has 0 saturated heterocycles. The van der Waals surface area contributed by atoms with Crippen molar-refractivity contribution in [3.05, 3.63) is 46.4 Å². The molecule has 0 aliphatic rings. The molecule has 112 valence electrons. The van der Waals surface area contributed by atoms with Gasteiger partial charge in [-0.3, -0.25) is 9.59 Å². The molecule has 1 atom stereocenters. The number of carboxylic acid groups (broad SMARTS) is 1. The molecule has 0 aromatic carbocycles. The van der Waals surface area contributed by atoms with Gasteiger partial charge < -0.3 is 15.0 Å². The van der Waals surface area contributed by atoms with Crippen molar-refractivity contribution in [2.24, 2.45) is 5.92 Å². The van der Waals surface area contributed by atoms with E-state index in [1.807, 2.05) is 34.3 Å². The van der Waals surface area contributed by atoms with E-state index >= 15 is 0 Å². The van der Waals surface area contributed by atoms with Crippen molar-refractivity contribution >= 4 is 23.2 Å². The monoisotopic (exact) mass is 306 g/mol. The molecule has 0 saturated carbocycles. The minimum atomic E-state index is -0.849. The lowest BCUT2D eigenvalue weighted by Crippen LogP contribution is -2.30. The Morgan fingerprint density at radius 2 is 2.19 bits per heavy atom. The average Bonchev–Trinajstić information content (AvgIpc) is 3.07. The molecule has 6 heteroatoms. The minimum Gasteiger partial charge on any atom is -0.481 e. The summed E-state index contributed by atoms with van der Waals surface area (Å²) in [6.45, 7) is 2.83. The molecule has 1 amide bonds. The van der Waals surface area contributed by atoms with Crippen LogP contribution in [0.5, 0.6) is 0 Å². The molecule has 0 spiro atoms. The Balaban J connectivity index is 1.94. The van der Waals surface area contributed by atoms with Gasteiger partial charge in [0.15, 0.2) is 0 Å². The van der Waals surface area contributed by atoms with Crippen LogP contribution in [0.25, 0.3) is 0 Å². The quantitative estimate of drug-likeness (QED) is 0.825. The topological polar surface area (TPSA) is 71.3 Å². The highest BCUT2D eigenvalue weighted by Gasteiger charge is 2.13. The summed E-state index contributed by atoms with van der Waals surface area (Å²) in [6.07, 6.45) is 1.92. The van der Waals surface area contributed by atoms with E-state index in [0.29, 0.717) is 18.8 Å². The number of aromatic nitrogens is 1. The van der Waals surface area contributed by atoms with Gasteiger partial charge in [-0.25, -0.2) is 0 Å². The summed E-state index contributed by atoms with van der Waals surface area (Å²) in [4.78, 5) is 23.9. The number of hydrogen-bond acceptors (Lipinski definition) is 3. The van der Waals surface area contributed by atoms with Crippen molar-refractivity contribution in [1.29, 1.82) is 0 Å². The molecular formula is C15H18N2O3S. The van der Waals surface area contributed by atoms with Crippen LogP contribution in [0.3, 0.4) is 0 Å². The number of nitrogens with zero attached hydrogens (tertiary/aromatic N) is 1. The van der Waals surface area contributed by atoms with Crippen LogP contribution in [0, 0.1) is 5.92 Å². The number of carbonyl (C=O) groups excluding carboxylic acids is 1. The van der Waals surface area contributed by atoms with Gasteiger partial charge in [-0.2, -0.15) is 0 Å². The van der Waals surface area contributed by atoms with E-state index in [1.54, 1.807) is 24.3 Å². The van der Waals surface area contributed by atoms with Crippen LogP contribution in [0.2, 0.25) is 0 Å². The number of carbonyl (C=O) groups is 2. The summed E-state index contributed by atoms with van der Waals surface area (Å²) in [6, 6.07) is 7.62. The second-order valence-electron chi connectivity index (χ2n) is 5.01. The fourth-order valence-corrected chi connectivity index (χ4v) is 2.76. The number of aliphatic carboxylic acids is 1. The molecule has 0 fully saturated rings. The third-order valence-electron chi connectivity index (χ3n) is 3.10. The molecule has 0 radical (unpaired) electrons. The molecule has 2 rings (SSSR count). The van der Waals surface area contributed by atoms with E-state index in [9.17, 15) is 9.59 Å². The molecule has 0 bridgehead atoms. The third-order valence-corrected chi connectivity index (χ3v) is 3.96. The molecule has 0 aliphatic heterocycles. The molecule has 1 unspecified atom stereocenters. The van der Waals surface area contributed by atoms with Crippen LogP contribution in [-0.2, 0) is 11.3 Å².